The van der Waals surface area contributed by atoms with E-state index in [1.54, 1.807) is 6.20 Å². The van der Waals surface area contributed by atoms with Gasteiger partial charge in [-0.25, -0.2) is 4.98 Å². The number of nitrogens with two attached hydrogens (primary N) is 1. The molecule has 1 heterocycles. The van der Waals surface area contributed by atoms with Crippen LogP contribution in [0, 0.1) is 18.3 Å². The van der Waals surface area contributed by atoms with E-state index in [4.69, 9.17) is 11.0 Å². The SMILES string of the molecule is Cc1cc(N)cnc1Nc1ccc(CC#N)cc1. The molecule has 0 radical (unpaired) electrons. The summed E-state index contributed by atoms with van der Waals surface area (Å²) in [5, 5.41) is 11.8. The number of pyridine rings is 1. The molecule has 1 aromatic heterocycles. The molecule has 0 unspecified atom stereocenters. The zero-order valence-corrected chi connectivity index (χ0v) is 10.1. The van der Waals surface area contributed by atoms with Crippen molar-refractivity contribution in [3.05, 3.63) is 47.7 Å². The molecule has 0 fully saturated rings. The first-order valence-corrected chi connectivity index (χ1v) is 5.64. The minimum atomic E-state index is 0.430. The second-order valence-corrected chi connectivity index (χ2v) is 4.09. The highest BCUT2D eigenvalue weighted by molar-refractivity contribution is 5.61. The van der Waals surface area contributed by atoms with E-state index in [-0.39, 0.29) is 0 Å². The molecule has 4 heteroatoms. The summed E-state index contributed by atoms with van der Waals surface area (Å²) in [7, 11) is 0. The second-order valence-electron chi connectivity index (χ2n) is 4.09. The van der Waals surface area contributed by atoms with E-state index >= 15 is 0 Å². The van der Waals surface area contributed by atoms with Crippen LogP contribution in [-0.4, -0.2) is 4.98 Å². The van der Waals surface area contributed by atoms with Gasteiger partial charge in [0, 0.05) is 5.69 Å². The van der Waals surface area contributed by atoms with Gasteiger partial charge in [0.1, 0.15) is 5.82 Å². The van der Waals surface area contributed by atoms with Crippen molar-refractivity contribution >= 4 is 17.2 Å². The van der Waals surface area contributed by atoms with Gasteiger partial charge in [0.05, 0.1) is 24.4 Å². The molecule has 0 saturated heterocycles. The molecular formula is C14H14N4. The first-order chi connectivity index (χ1) is 8.69. The number of rotatable bonds is 3. The van der Waals surface area contributed by atoms with E-state index in [1.165, 1.54) is 0 Å². The van der Waals surface area contributed by atoms with Gasteiger partial charge in [-0.15, -0.1) is 0 Å². The molecule has 18 heavy (non-hydrogen) atoms. The van der Waals surface area contributed by atoms with Crippen molar-refractivity contribution in [2.24, 2.45) is 0 Å². The van der Waals surface area contributed by atoms with E-state index in [9.17, 15) is 0 Å². The molecular weight excluding hydrogens is 224 g/mol. The van der Waals surface area contributed by atoms with Crippen LogP contribution in [0.2, 0.25) is 0 Å². The van der Waals surface area contributed by atoms with Gasteiger partial charge in [-0.1, -0.05) is 12.1 Å². The Morgan fingerprint density at radius 1 is 1.33 bits per heavy atom. The summed E-state index contributed by atoms with van der Waals surface area (Å²) in [6.45, 7) is 1.95. The zero-order chi connectivity index (χ0) is 13.0. The predicted octanol–water partition coefficient (Wildman–Crippen LogP) is 2.78. The maximum atomic E-state index is 8.60. The molecule has 2 aromatic rings. The van der Waals surface area contributed by atoms with Gasteiger partial charge in [0.25, 0.3) is 0 Å². The largest absolute Gasteiger partial charge is 0.397 e. The fourth-order valence-corrected chi connectivity index (χ4v) is 1.66. The zero-order valence-electron chi connectivity index (χ0n) is 10.1. The lowest BCUT2D eigenvalue weighted by Crippen LogP contribution is -1.98. The Labute approximate surface area is 106 Å². The minimum Gasteiger partial charge on any atom is -0.397 e. The van der Waals surface area contributed by atoms with Crippen LogP contribution in [0.25, 0.3) is 0 Å². The van der Waals surface area contributed by atoms with Crippen molar-refractivity contribution in [1.82, 2.24) is 4.98 Å². The highest BCUT2D eigenvalue weighted by atomic mass is 15.0. The topological polar surface area (TPSA) is 74.7 Å². The predicted molar refractivity (Wildman–Crippen MR) is 72.4 cm³/mol. The van der Waals surface area contributed by atoms with Gasteiger partial charge in [-0.3, -0.25) is 0 Å². The van der Waals surface area contributed by atoms with E-state index in [0.717, 1.165) is 22.6 Å². The monoisotopic (exact) mass is 238 g/mol. The molecule has 0 bridgehead atoms. The van der Waals surface area contributed by atoms with Crippen LogP contribution in [0.4, 0.5) is 17.2 Å². The molecule has 2 rings (SSSR count). The molecule has 0 spiro atoms. The van der Waals surface area contributed by atoms with Crippen LogP contribution in [0.5, 0.6) is 0 Å². The second kappa shape index (κ2) is 5.19. The maximum absolute atomic E-state index is 8.60. The number of nitrogens with zero attached hydrogens (tertiary/aromatic N) is 2. The van der Waals surface area contributed by atoms with Crippen LogP contribution in [0.1, 0.15) is 11.1 Å². The number of aryl methyl sites for hydroxylation is 1. The smallest absolute Gasteiger partial charge is 0.133 e. The molecule has 0 atom stereocenters. The first-order valence-electron chi connectivity index (χ1n) is 5.64. The highest BCUT2D eigenvalue weighted by Crippen LogP contribution is 2.20. The summed E-state index contributed by atoms with van der Waals surface area (Å²) >= 11 is 0. The average Bonchev–Trinajstić information content (AvgIpc) is 2.35. The van der Waals surface area contributed by atoms with E-state index in [0.29, 0.717) is 12.1 Å². The lowest BCUT2D eigenvalue weighted by atomic mass is 10.1. The van der Waals surface area contributed by atoms with Gasteiger partial charge in [-0.2, -0.15) is 5.26 Å². The Hall–Kier alpha value is -2.54. The number of hydrogen-bond donors (Lipinski definition) is 2. The lowest BCUT2D eigenvalue weighted by Gasteiger charge is -2.09. The standard InChI is InChI=1S/C14H14N4/c1-10-8-12(16)9-17-14(10)18-13-4-2-11(3-5-13)6-7-15/h2-5,8-9H,6,16H2,1H3,(H,17,18). The van der Waals surface area contributed by atoms with E-state index in [2.05, 4.69) is 16.4 Å². The van der Waals surface area contributed by atoms with Crippen molar-refractivity contribution < 1.29 is 0 Å². The third-order valence-corrected chi connectivity index (χ3v) is 2.60. The molecule has 0 aliphatic carbocycles. The Morgan fingerprint density at radius 2 is 2.06 bits per heavy atom. The van der Waals surface area contributed by atoms with Crippen LogP contribution in [0.3, 0.4) is 0 Å². The number of nitrogens with one attached hydrogen (secondary N) is 1. The third kappa shape index (κ3) is 2.77. The van der Waals surface area contributed by atoms with E-state index in [1.807, 2.05) is 37.3 Å². The Kier molecular flexibility index (Phi) is 3.44. The first kappa shape index (κ1) is 11.9. The van der Waals surface area contributed by atoms with Gasteiger partial charge in [0.15, 0.2) is 0 Å². The molecule has 1 aromatic carbocycles. The molecule has 0 saturated carbocycles. The number of aromatic nitrogens is 1. The van der Waals surface area contributed by atoms with Gasteiger partial charge in [0.2, 0.25) is 0 Å². The number of benzene rings is 1. The summed E-state index contributed by atoms with van der Waals surface area (Å²) in [6, 6.07) is 11.7. The Balaban J connectivity index is 2.16. The summed E-state index contributed by atoms with van der Waals surface area (Å²) in [5.74, 6) is 0.789. The summed E-state index contributed by atoms with van der Waals surface area (Å²) in [4.78, 5) is 4.24. The normalized spacial score (nSPS) is 9.78. The molecule has 90 valence electrons. The third-order valence-electron chi connectivity index (χ3n) is 2.60. The average molecular weight is 238 g/mol. The van der Waals surface area contributed by atoms with Crippen LogP contribution in [0.15, 0.2) is 36.5 Å². The fourth-order valence-electron chi connectivity index (χ4n) is 1.66. The highest BCUT2D eigenvalue weighted by Gasteiger charge is 2.01. The number of anilines is 3. The van der Waals surface area contributed by atoms with Crippen molar-refractivity contribution in [1.29, 1.82) is 5.26 Å². The molecule has 0 aliphatic heterocycles. The van der Waals surface area contributed by atoms with Gasteiger partial charge < -0.3 is 11.1 Å². The van der Waals surface area contributed by atoms with Crippen molar-refractivity contribution in [2.75, 3.05) is 11.1 Å². The molecule has 4 nitrogen and oxygen atoms in total. The van der Waals surface area contributed by atoms with E-state index < -0.39 is 0 Å². The van der Waals surface area contributed by atoms with Gasteiger partial charge in [-0.05, 0) is 36.2 Å². The lowest BCUT2D eigenvalue weighted by molar-refractivity contribution is 1.24. The Morgan fingerprint density at radius 3 is 2.67 bits per heavy atom. The number of nitriles is 1. The quantitative estimate of drug-likeness (QED) is 0.862. The maximum Gasteiger partial charge on any atom is 0.133 e. The van der Waals surface area contributed by atoms with Crippen LogP contribution in [-0.2, 0) is 6.42 Å². The fraction of sp³-hybridized carbons (Fsp3) is 0.143. The van der Waals surface area contributed by atoms with Crippen molar-refractivity contribution in [3.8, 4) is 6.07 Å². The minimum absolute atomic E-state index is 0.430. The van der Waals surface area contributed by atoms with Crippen LogP contribution < -0.4 is 11.1 Å². The summed E-state index contributed by atoms with van der Waals surface area (Å²) in [6.07, 6.45) is 2.05. The number of hydrogen-bond acceptors (Lipinski definition) is 4. The van der Waals surface area contributed by atoms with Crippen molar-refractivity contribution in [3.63, 3.8) is 0 Å². The summed E-state index contributed by atoms with van der Waals surface area (Å²) < 4.78 is 0. The van der Waals surface area contributed by atoms with Crippen molar-refractivity contribution in [2.45, 2.75) is 13.3 Å². The molecule has 3 N–H and O–H groups in total. The Bertz CT molecular complexity index is 582. The summed E-state index contributed by atoms with van der Waals surface area (Å²) in [5.41, 5.74) is 9.25. The molecule has 0 amide bonds. The molecule has 0 aliphatic rings. The number of nitrogen functional groups attached to an aromatic ring is 1. The van der Waals surface area contributed by atoms with Crippen LogP contribution >= 0.6 is 0 Å². The van der Waals surface area contributed by atoms with Gasteiger partial charge >= 0.3 is 0 Å².